The lowest BCUT2D eigenvalue weighted by atomic mass is 10.1. The molecule has 0 bridgehead atoms. The van der Waals surface area contributed by atoms with Gasteiger partial charge in [0.25, 0.3) is 0 Å². The first kappa shape index (κ1) is 15.7. The zero-order chi connectivity index (χ0) is 15.2. The van der Waals surface area contributed by atoms with E-state index < -0.39 is 0 Å². The van der Waals surface area contributed by atoms with Crippen LogP contribution in [-0.2, 0) is 4.79 Å². The second-order valence-corrected chi connectivity index (χ2v) is 5.69. The number of nitrogens with two attached hydrogens (primary N) is 2. The van der Waals surface area contributed by atoms with Gasteiger partial charge in [0.05, 0.1) is 18.1 Å². The second kappa shape index (κ2) is 7.38. The van der Waals surface area contributed by atoms with E-state index in [2.05, 4.69) is 4.90 Å². The van der Waals surface area contributed by atoms with Gasteiger partial charge in [-0.3, -0.25) is 4.79 Å². The molecule has 2 rings (SSSR count). The van der Waals surface area contributed by atoms with Crippen molar-refractivity contribution in [2.75, 3.05) is 26.2 Å². The van der Waals surface area contributed by atoms with Crippen LogP contribution in [0, 0.1) is 5.92 Å². The van der Waals surface area contributed by atoms with E-state index in [0.717, 1.165) is 43.8 Å². The Kier molecular flexibility index (Phi) is 5.52. The number of amides is 1. The van der Waals surface area contributed by atoms with E-state index in [-0.39, 0.29) is 11.8 Å². The molecule has 21 heavy (non-hydrogen) atoms. The summed E-state index contributed by atoms with van der Waals surface area (Å²) in [4.78, 5) is 13.7. The Balaban J connectivity index is 1.73. The largest absolute Gasteiger partial charge is 0.493 e. The van der Waals surface area contributed by atoms with E-state index in [1.165, 1.54) is 0 Å². The lowest BCUT2D eigenvalue weighted by Gasteiger charge is -2.16. The normalized spacial score (nSPS) is 18.6. The van der Waals surface area contributed by atoms with Crippen molar-refractivity contribution in [1.29, 1.82) is 0 Å². The average Bonchev–Trinajstić information content (AvgIpc) is 2.93. The van der Waals surface area contributed by atoms with E-state index >= 15 is 0 Å². The predicted octanol–water partition coefficient (Wildman–Crippen LogP) is 0.897. The van der Waals surface area contributed by atoms with Crippen LogP contribution >= 0.6 is 12.2 Å². The molecule has 0 aromatic heterocycles. The number of thiocarbonyl (C=S) groups is 1. The molecule has 1 saturated heterocycles. The smallest absolute Gasteiger partial charge is 0.221 e. The number of hydrogen-bond donors (Lipinski definition) is 2. The van der Waals surface area contributed by atoms with Crippen LogP contribution in [0.1, 0.15) is 18.4 Å². The summed E-state index contributed by atoms with van der Waals surface area (Å²) in [6.07, 6.45) is 1.75. The standard InChI is InChI=1S/C15H21N3O2S/c16-14(19)11-6-8-18(10-11)7-3-9-20-13-5-2-1-4-12(13)15(17)21/h1-2,4-5,11H,3,6-10H2,(H2,16,19)(H2,17,21). The fraction of sp³-hybridized carbons (Fsp3) is 0.467. The van der Waals surface area contributed by atoms with E-state index in [1.54, 1.807) is 0 Å². The highest BCUT2D eigenvalue weighted by Gasteiger charge is 2.25. The Bertz CT molecular complexity index is 521. The number of para-hydroxylation sites is 1. The Morgan fingerprint density at radius 1 is 1.38 bits per heavy atom. The molecular weight excluding hydrogens is 286 g/mol. The zero-order valence-corrected chi connectivity index (χ0v) is 12.8. The summed E-state index contributed by atoms with van der Waals surface area (Å²) in [6, 6.07) is 7.51. The summed E-state index contributed by atoms with van der Waals surface area (Å²) in [5.74, 6) is 0.529. The second-order valence-electron chi connectivity index (χ2n) is 5.25. The molecular formula is C15H21N3O2S. The number of ether oxygens (including phenoxy) is 1. The molecule has 0 radical (unpaired) electrons. The summed E-state index contributed by atoms with van der Waals surface area (Å²) in [5.41, 5.74) is 11.7. The molecule has 1 unspecified atom stereocenters. The third-order valence-corrected chi connectivity index (χ3v) is 3.92. The number of primary amides is 1. The molecule has 0 spiro atoms. The van der Waals surface area contributed by atoms with Crippen LogP contribution in [0.3, 0.4) is 0 Å². The van der Waals surface area contributed by atoms with Gasteiger partial charge in [0.2, 0.25) is 5.91 Å². The topological polar surface area (TPSA) is 81.6 Å². The number of carbonyl (C=O) groups is 1. The minimum Gasteiger partial charge on any atom is -0.493 e. The van der Waals surface area contributed by atoms with Gasteiger partial charge in [-0.05, 0) is 31.5 Å². The average molecular weight is 307 g/mol. The van der Waals surface area contributed by atoms with Gasteiger partial charge in [-0.15, -0.1) is 0 Å². The minimum absolute atomic E-state index is 0.00116. The molecule has 0 saturated carbocycles. The van der Waals surface area contributed by atoms with Crippen molar-refractivity contribution < 1.29 is 9.53 Å². The van der Waals surface area contributed by atoms with Gasteiger partial charge in [0, 0.05) is 13.1 Å². The van der Waals surface area contributed by atoms with Gasteiger partial charge in [-0.2, -0.15) is 0 Å². The molecule has 1 aliphatic rings. The van der Waals surface area contributed by atoms with Crippen molar-refractivity contribution in [1.82, 2.24) is 4.90 Å². The van der Waals surface area contributed by atoms with Crippen molar-refractivity contribution in [3.63, 3.8) is 0 Å². The van der Waals surface area contributed by atoms with Crippen LogP contribution in [0.5, 0.6) is 5.75 Å². The van der Waals surface area contributed by atoms with E-state index in [4.69, 9.17) is 28.4 Å². The van der Waals surface area contributed by atoms with Crippen molar-refractivity contribution in [2.24, 2.45) is 17.4 Å². The lowest BCUT2D eigenvalue weighted by Crippen LogP contribution is -2.28. The Labute approximate surface area is 130 Å². The summed E-state index contributed by atoms with van der Waals surface area (Å²) in [6.45, 7) is 3.19. The summed E-state index contributed by atoms with van der Waals surface area (Å²) in [7, 11) is 0. The van der Waals surface area contributed by atoms with Gasteiger partial charge < -0.3 is 21.1 Å². The number of carbonyl (C=O) groups excluding carboxylic acids is 1. The number of rotatable bonds is 7. The molecule has 1 heterocycles. The highest BCUT2D eigenvalue weighted by molar-refractivity contribution is 7.80. The number of hydrogen-bond acceptors (Lipinski definition) is 4. The highest BCUT2D eigenvalue weighted by Crippen LogP contribution is 2.19. The zero-order valence-electron chi connectivity index (χ0n) is 12.0. The molecule has 114 valence electrons. The van der Waals surface area contributed by atoms with Crippen LogP contribution in [0.4, 0.5) is 0 Å². The van der Waals surface area contributed by atoms with Gasteiger partial charge in [0.1, 0.15) is 10.7 Å². The molecule has 5 nitrogen and oxygen atoms in total. The quantitative estimate of drug-likeness (QED) is 0.578. The summed E-state index contributed by atoms with van der Waals surface area (Å²) >= 11 is 5.00. The van der Waals surface area contributed by atoms with Crippen molar-refractivity contribution >= 4 is 23.1 Å². The van der Waals surface area contributed by atoms with E-state index in [0.29, 0.717) is 11.6 Å². The monoisotopic (exact) mass is 307 g/mol. The first-order chi connectivity index (χ1) is 10.1. The molecule has 1 atom stereocenters. The van der Waals surface area contributed by atoms with Gasteiger partial charge in [-0.25, -0.2) is 0 Å². The summed E-state index contributed by atoms with van der Waals surface area (Å²) in [5, 5.41) is 0. The van der Waals surface area contributed by atoms with Crippen LogP contribution in [0.15, 0.2) is 24.3 Å². The summed E-state index contributed by atoms with van der Waals surface area (Å²) < 4.78 is 5.75. The number of benzene rings is 1. The van der Waals surface area contributed by atoms with Crippen LogP contribution < -0.4 is 16.2 Å². The highest BCUT2D eigenvalue weighted by atomic mass is 32.1. The lowest BCUT2D eigenvalue weighted by molar-refractivity contribution is -0.121. The molecule has 6 heteroatoms. The van der Waals surface area contributed by atoms with Gasteiger partial charge in [0.15, 0.2) is 0 Å². The fourth-order valence-electron chi connectivity index (χ4n) is 2.53. The third kappa shape index (κ3) is 4.41. The van der Waals surface area contributed by atoms with Crippen LogP contribution in [-0.4, -0.2) is 42.0 Å². The van der Waals surface area contributed by atoms with Gasteiger partial charge in [-0.1, -0.05) is 24.4 Å². The fourth-order valence-corrected chi connectivity index (χ4v) is 2.70. The number of nitrogens with zero attached hydrogens (tertiary/aromatic N) is 1. The van der Waals surface area contributed by atoms with Crippen LogP contribution in [0.2, 0.25) is 0 Å². The van der Waals surface area contributed by atoms with Crippen molar-refractivity contribution in [3.05, 3.63) is 29.8 Å². The van der Waals surface area contributed by atoms with E-state index in [9.17, 15) is 4.79 Å². The Morgan fingerprint density at radius 2 is 2.14 bits per heavy atom. The Hall–Kier alpha value is -1.66. The van der Waals surface area contributed by atoms with Crippen molar-refractivity contribution in [3.8, 4) is 5.75 Å². The maximum atomic E-state index is 11.1. The molecule has 1 aromatic rings. The first-order valence-electron chi connectivity index (χ1n) is 7.11. The van der Waals surface area contributed by atoms with Gasteiger partial charge >= 0.3 is 0 Å². The Morgan fingerprint density at radius 3 is 2.81 bits per heavy atom. The van der Waals surface area contributed by atoms with E-state index in [1.807, 2.05) is 24.3 Å². The predicted molar refractivity (Wildman–Crippen MR) is 86.2 cm³/mol. The minimum atomic E-state index is -0.195. The molecule has 1 aliphatic heterocycles. The van der Waals surface area contributed by atoms with Crippen molar-refractivity contribution in [2.45, 2.75) is 12.8 Å². The maximum Gasteiger partial charge on any atom is 0.221 e. The molecule has 0 aliphatic carbocycles. The SMILES string of the molecule is NC(=O)C1CCN(CCCOc2ccccc2C(N)=S)C1. The number of likely N-dealkylation sites (tertiary alicyclic amines) is 1. The molecule has 1 fully saturated rings. The maximum absolute atomic E-state index is 11.1. The molecule has 1 aromatic carbocycles. The third-order valence-electron chi connectivity index (χ3n) is 3.70. The first-order valence-corrected chi connectivity index (χ1v) is 7.52. The molecule has 1 amide bonds. The van der Waals surface area contributed by atoms with Crippen LogP contribution in [0.25, 0.3) is 0 Å². The molecule has 4 N–H and O–H groups in total.